The standard InChI is InChI=1S/C18H33N3O5/c1-4-5-6-7-8-9-10-11-15(22)21-14(2)18(25)20-12-16(23)19-13-17(24)26-3/h14H,4-13H2,1-3H3,(H,19,23)(H,20,25)(H,21,22)/t14-/m0/s1. The first-order valence-corrected chi connectivity index (χ1v) is 9.31. The van der Waals surface area contributed by atoms with Gasteiger partial charge in [-0.1, -0.05) is 45.4 Å². The van der Waals surface area contributed by atoms with E-state index in [9.17, 15) is 19.2 Å². The van der Waals surface area contributed by atoms with E-state index in [1.165, 1.54) is 32.8 Å². The Morgan fingerprint density at radius 2 is 1.46 bits per heavy atom. The van der Waals surface area contributed by atoms with Crippen LogP contribution in [0.2, 0.25) is 0 Å². The summed E-state index contributed by atoms with van der Waals surface area (Å²) in [4.78, 5) is 46.0. The maximum absolute atomic E-state index is 11.9. The van der Waals surface area contributed by atoms with Crippen molar-refractivity contribution in [2.24, 2.45) is 0 Å². The molecule has 0 radical (unpaired) electrons. The summed E-state index contributed by atoms with van der Waals surface area (Å²) in [5, 5.41) is 7.33. The number of rotatable bonds is 14. The fourth-order valence-electron chi connectivity index (χ4n) is 2.25. The topological polar surface area (TPSA) is 114 Å². The summed E-state index contributed by atoms with van der Waals surface area (Å²) in [5.41, 5.74) is 0. The van der Waals surface area contributed by atoms with Crippen LogP contribution in [0.25, 0.3) is 0 Å². The van der Waals surface area contributed by atoms with Gasteiger partial charge in [0.05, 0.1) is 13.7 Å². The maximum Gasteiger partial charge on any atom is 0.325 e. The minimum Gasteiger partial charge on any atom is -0.468 e. The first kappa shape index (κ1) is 23.9. The van der Waals surface area contributed by atoms with E-state index in [2.05, 4.69) is 27.6 Å². The van der Waals surface area contributed by atoms with E-state index in [-0.39, 0.29) is 19.0 Å². The van der Waals surface area contributed by atoms with Gasteiger partial charge in [0.2, 0.25) is 17.7 Å². The van der Waals surface area contributed by atoms with Crippen molar-refractivity contribution < 1.29 is 23.9 Å². The van der Waals surface area contributed by atoms with Gasteiger partial charge in [-0.3, -0.25) is 19.2 Å². The molecule has 1 atom stereocenters. The molecule has 0 spiro atoms. The van der Waals surface area contributed by atoms with Gasteiger partial charge < -0.3 is 20.7 Å². The fraction of sp³-hybridized carbons (Fsp3) is 0.778. The van der Waals surface area contributed by atoms with Crippen LogP contribution in [0.1, 0.15) is 65.2 Å². The Balaban J connectivity index is 3.80. The molecule has 0 aromatic rings. The van der Waals surface area contributed by atoms with Crippen molar-refractivity contribution in [2.45, 2.75) is 71.3 Å². The highest BCUT2D eigenvalue weighted by Crippen LogP contribution is 2.08. The normalized spacial score (nSPS) is 11.3. The third-order valence-electron chi connectivity index (χ3n) is 3.86. The first-order valence-electron chi connectivity index (χ1n) is 9.31. The Kier molecular flexibility index (Phi) is 13.9. The van der Waals surface area contributed by atoms with Crippen LogP contribution in [0.3, 0.4) is 0 Å². The second kappa shape index (κ2) is 15.2. The Bertz CT molecular complexity index is 454. The average molecular weight is 371 g/mol. The molecule has 8 heteroatoms. The molecular formula is C18H33N3O5. The molecule has 3 amide bonds. The van der Waals surface area contributed by atoms with Crippen LogP contribution >= 0.6 is 0 Å². The third kappa shape index (κ3) is 13.2. The van der Waals surface area contributed by atoms with Crippen molar-refractivity contribution >= 4 is 23.7 Å². The SMILES string of the molecule is CCCCCCCCCC(=O)N[C@@H](C)C(=O)NCC(=O)NCC(=O)OC. The molecule has 0 unspecified atom stereocenters. The lowest BCUT2D eigenvalue weighted by molar-refractivity contribution is -0.141. The molecule has 0 aromatic heterocycles. The highest BCUT2D eigenvalue weighted by Gasteiger charge is 2.16. The minimum atomic E-state index is -0.722. The summed E-state index contributed by atoms with van der Waals surface area (Å²) in [7, 11) is 1.22. The van der Waals surface area contributed by atoms with Crippen LogP contribution in [0.5, 0.6) is 0 Å². The number of esters is 1. The second-order valence-electron chi connectivity index (χ2n) is 6.23. The number of unbranched alkanes of at least 4 members (excludes halogenated alkanes) is 6. The van der Waals surface area contributed by atoms with Gasteiger partial charge in [-0.2, -0.15) is 0 Å². The van der Waals surface area contributed by atoms with Crippen LogP contribution in [0.15, 0.2) is 0 Å². The number of amides is 3. The highest BCUT2D eigenvalue weighted by molar-refractivity contribution is 5.90. The zero-order valence-corrected chi connectivity index (χ0v) is 16.2. The largest absolute Gasteiger partial charge is 0.468 e. The Labute approximate surface area is 155 Å². The van der Waals surface area contributed by atoms with Crippen molar-refractivity contribution in [3.05, 3.63) is 0 Å². The van der Waals surface area contributed by atoms with E-state index < -0.39 is 23.8 Å². The smallest absolute Gasteiger partial charge is 0.325 e. The zero-order chi connectivity index (χ0) is 19.8. The fourth-order valence-corrected chi connectivity index (χ4v) is 2.25. The molecule has 8 nitrogen and oxygen atoms in total. The molecule has 0 saturated heterocycles. The molecule has 0 saturated carbocycles. The van der Waals surface area contributed by atoms with Gasteiger partial charge in [-0.15, -0.1) is 0 Å². The van der Waals surface area contributed by atoms with Crippen molar-refractivity contribution in [3.8, 4) is 0 Å². The summed E-state index contributed by atoms with van der Waals surface area (Å²) in [6.45, 7) is 3.21. The monoisotopic (exact) mass is 371 g/mol. The number of methoxy groups -OCH3 is 1. The molecule has 150 valence electrons. The number of ether oxygens (including phenoxy) is 1. The van der Waals surface area contributed by atoms with Crippen LogP contribution in [-0.2, 0) is 23.9 Å². The van der Waals surface area contributed by atoms with E-state index in [1.807, 2.05) is 0 Å². The zero-order valence-electron chi connectivity index (χ0n) is 16.2. The molecule has 0 rings (SSSR count). The molecule has 0 aliphatic heterocycles. The van der Waals surface area contributed by atoms with Gasteiger partial charge >= 0.3 is 5.97 Å². The van der Waals surface area contributed by atoms with Crippen molar-refractivity contribution in [2.75, 3.05) is 20.2 Å². The molecule has 0 aliphatic carbocycles. The van der Waals surface area contributed by atoms with E-state index in [1.54, 1.807) is 6.92 Å². The van der Waals surface area contributed by atoms with E-state index in [4.69, 9.17) is 0 Å². The summed E-state index contributed by atoms with van der Waals surface area (Å²) >= 11 is 0. The van der Waals surface area contributed by atoms with Crippen molar-refractivity contribution in [1.82, 2.24) is 16.0 Å². The Morgan fingerprint density at radius 1 is 0.846 bits per heavy atom. The van der Waals surface area contributed by atoms with Gasteiger partial charge in [0, 0.05) is 6.42 Å². The molecule has 0 fully saturated rings. The van der Waals surface area contributed by atoms with E-state index in [0.29, 0.717) is 6.42 Å². The number of nitrogens with one attached hydrogen (secondary N) is 3. The average Bonchev–Trinajstić information content (AvgIpc) is 2.63. The Morgan fingerprint density at radius 3 is 2.08 bits per heavy atom. The van der Waals surface area contributed by atoms with Crippen LogP contribution < -0.4 is 16.0 Å². The van der Waals surface area contributed by atoms with Gasteiger partial charge in [0.1, 0.15) is 12.6 Å². The quantitative estimate of drug-likeness (QED) is 0.312. The molecule has 0 aromatic carbocycles. The molecule has 26 heavy (non-hydrogen) atoms. The van der Waals surface area contributed by atoms with Crippen molar-refractivity contribution in [3.63, 3.8) is 0 Å². The highest BCUT2D eigenvalue weighted by atomic mass is 16.5. The molecular weight excluding hydrogens is 338 g/mol. The van der Waals surface area contributed by atoms with Gasteiger partial charge in [-0.05, 0) is 13.3 Å². The lowest BCUT2D eigenvalue weighted by atomic mass is 10.1. The number of hydrogen-bond donors (Lipinski definition) is 3. The van der Waals surface area contributed by atoms with E-state index in [0.717, 1.165) is 19.3 Å². The number of hydrogen-bond acceptors (Lipinski definition) is 5. The summed E-state index contributed by atoms with van der Waals surface area (Å²) < 4.78 is 4.38. The first-order chi connectivity index (χ1) is 12.4. The minimum absolute atomic E-state index is 0.170. The predicted molar refractivity (Wildman–Crippen MR) is 98.3 cm³/mol. The summed E-state index contributed by atoms with van der Waals surface area (Å²) in [6.07, 6.45) is 8.26. The number of carbonyl (C=O) groups is 4. The van der Waals surface area contributed by atoms with E-state index >= 15 is 0 Å². The third-order valence-corrected chi connectivity index (χ3v) is 3.86. The second-order valence-corrected chi connectivity index (χ2v) is 6.23. The number of carbonyl (C=O) groups excluding carboxylic acids is 4. The molecule has 3 N–H and O–H groups in total. The summed E-state index contributed by atoms with van der Waals surface area (Å²) in [5.74, 6) is -1.71. The van der Waals surface area contributed by atoms with Crippen LogP contribution in [0, 0.1) is 0 Å². The van der Waals surface area contributed by atoms with Gasteiger partial charge in [-0.25, -0.2) is 0 Å². The lowest BCUT2D eigenvalue weighted by Crippen LogP contribution is -2.47. The van der Waals surface area contributed by atoms with Gasteiger partial charge in [0.25, 0.3) is 0 Å². The molecule has 0 aliphatic rings. The maximum atomic E-state index is 11.9. The summed E-state index contributed by atoms with van der Waals surface area (Å²) in [6, 6.07) is -0.722. The lowest BCUT2D eigenvalue weighted by Gasteiger charge is -2.14. The molecule has 0 bridgehead atoms. The van der Waals surface area contributed by atoms with Crippen LogP contribution in [-0.4, -0.2) is 49.9 Å². The predicted octanol–water partition coefficient (Wildman–Crippen LogP) is 1.04. The van der Waals surface area contributed by atoms with Crippen molar-refractivity contribution in [1.29, 1.82) is 0 Å². The van der Waals surface area contributed by atoms with Crippen LogP contribution in [0.4, 0.5) is 0 Å². The Hall–Kier alpha value is -2.12. The molecule has 0 heterocycles. The van der Waals surface area contributed by atoms with Gasteiger partial charge in [0.15, 0.2) is 0 Å².